The van der Waals surface area contributed by atoms with Crippen LogP contribution in [0, 0.1) is 20.8 Å². The summed E-state index contributed by atoms with van der Waals surface area (Å²) in [5, 5.41) is 0. The summed E-state index contributed by atoms with van der Waals surface area (Å²) in [6.07, 6.45) is 0. The Kier molecular flexibility index (Phi) is 10.5. The highest BCUT2D eigenvalue weighted by molar-refractivity contribution is 5.89. The molecule has 0 fully saturated rings. The Bertz CT molecular complexity index is 2010. The Balaban J connectivity index is 1.53. The first-order chi connectivity index (χ1) is 26.3. The summed E-state index contributed by atoms with van der Waals surface area (Å²) in [4.78, 5) is 6.90. The third kappa shape index (κ3) is 7.74. The molecular formula is C48H45N3O3. The van der Waals surface area contributed by atoms with Crippen molar-refractivity contribution in [2.75, 3.05) is 36.0 Å². The summed E-state index contributed by atoms with van der Waals surface area (Å²) in [6, 6.07) is 57.4. The second kappa shape index (κ2) is 15.9. The highest BCUT2D eigenvalue weighted by atomic mass is 16.5. The van der Waals surface area contributed by atoms with Crippen LogP contribution in [0.25, 0.3) is 0 Å². The summed E-state index contributed by atoms with van der Waals surface area (Å²) in [5.41, 5.74) is 12.6. The second-order valence-corrected chi connectivity index (χ2v) is 13.3. The molecule has 54 heavy (non-hydrogen) atoms. The third-order valence-corrected chi connectivity index (χ3v) is 9.53. The topological polar surface area (TPSA) is 37.4 Å². The minimum atomic E-state index is 0.798. The van der Waals surface area contributed by atoms with Crippen LogP contribution >= 0.6 is 0 Å². The molecule has 7 aromatic carbocycles. The number of nitrogens with zero attached hydrogens (tertiary/aromatic N) is 3. The lowest BCUT2D eigenvalue weighted by Crippen LogP contribution is -2.16. The van der Waals surface area contributed by atoms with Crippen molar-refractivity contribution in [1.82, 2.24) is 0 Å². The monoisotopic (exact) mass is 711 g/mol. The zero-order chi connectivity index (χ0) is 37.6. The van der Waals surface area contributed by atoms with E-state index >= 15 is 0 Å². The first kappa shape index (κ1) is 35.7. The van der Waals surface area contributed by atoms with E-state index in [1.54, 1.807) is 21.3 Å². The van der Waals surface area contributed by atoms with Gasteiger partial charge in [0.25, 0.3) is 0 Å². The minimum Gasteiger partial charge on any atom is -0.497 e. The van der Waals surface area contributed by atoms with Crippen LogP contribution in [-0.2, 0) is 0 Å². The van der Waals surface area contributed by atoms with Gasteiger partial charge in [-0.1, -0.05) is 53.1 Å². The molecule has 0 amide bonds. The van der Waals surface area contributed by atoms with Crippen molar-refractivity contribution in [2.24, 2.45) is 0 Å². The molecule has 0 saturated heterocycles. The van der Waals surface area contributed by atoms with Gasteiger partial charge in [0.05, 0.1) is 38.4 Å². The predicted molar refractivity (Wildman–Crippen MR) is 224 cm³/mol. The fraction of sp³-hybridized carbons (Fsp3) is 0.125. The summed E-state index contributed by atoms with van der Waals surface area (Å²) in [6.45, 7) is 6.34. The van der Waals surface area contributed by atoms with Gasteiger partial charge in [0, 0.05) is 34.1 Å². The molecule has 0 unspecified atom stereocenters. The predicted octanol–water partition coefficient (Wildman–Crippen LogP) is 13.0. The van der Waals surface area contributed by atoms with E-state index in [0.717, 1.165) is 68.4 Å². The van der Waals surface area contributed by atoms with Crippen LogP contribution in [0.2, 0.25) is 0 Å². The van der Waals surface area contributed by atoms with E-state index in [9.17, 15) is 0 Å². The fourth-order valence-electron chi connectivity index (χ4n) is 6.58. The zero-order valence-corrected chi connectivity index (χ0v) is 31.7. The highest BCUT2D eigenvalue weighted by Crippen LogP contribution is 2.46. The smallest absolute Gasteiger partial charge is 0.119 e. The third-order valence-electron chi connectivity index (χ3n) is 9.53. The molecule has 0 spiro atoms. The molecule has 7 rings (SSSR count). The van der Waals surface area contributed by atoms with Crippen LogP contribution in [0.15, 0.2) is 164 Å². The molecule has 6 heteroatoms. The van der Waals surface area contributed by atoms with Gasteiger partial charge in [-0.05, 0) is 148 Å². The van der Waals surface area contributed by atoms with E-state index in [1.165, 1.54) is 16.7 Å². The average Bonchev–Trinajstić information content (AvgIpc) is 3.21. The Hall–Kier alpha value is -6.66. The number of hydrogen-bond donors (Lipinski definition) is 0. The Morgan fingerprint density at radius 1 is 0.259 bits per heavy atom. The lowest BCUT2D eigenvalue weighted by atomic mass is 10.1. The lowest BCUT2D eigenvalue weighted by molar-refractivity contribution is 0.414. The van der Waals surface area contributed by atoms with Crippen LogP contribution < -0.4 is 28.9 Å². The number of rotatable bonds is 12. The quantitative estimate of drug-likeness (QED) is 0.126. The van der Waals surface area contributed by atoms with Crippen LogP contribution in [0.1, 0.15) is 16.7 Å². The summed E-state index contributed by atoms with van der Waals surface area (Å²) in [7, 11) is 5.08. The molecule has 6 nitrogen and oxygen atoms in total. The minimum absolute atomic E-state index is 0.798. The largest absolute Gasteiger partial charge is 0.497 e. The highest BCUT2D eigenvalue weighted by Gasteiger charge is 2.22. The first-order valence-electron chi connectivity index (χ1n) is 18.0. The zero-order valence-electron chi connectivity index (χ0n) is 31.7. The van der Waals surface area contributed by atoms with Crippen molar-refractivity contribution in [3.63, 3.8) is 0 Å². The van der Waals surface area contributed by atoms with Gasteiger partial charge in [0.1, 0.15) is 17.2 Å². The molecule has 270 valence electrons. The Labute approximate surface area is 319 Å². The van der Waals surface area contributed by atoms with Crippen molar-refractivity contribution < 1.29 is 14.2 Å². The SMILES string of the molecule is COc1ccc(N(c2ccc(C)cc2)c2cc(N(c3ccc(C)cc3)c3ccc(OC)cc3)cc(N(c3ccc(C)cc3)c3ccc(OC)cc3)c2)cc1. The maximum atomic E-state index is 5.57. The van der Waals surface area contributed by atoms with Gasteiger partial charge in [0.2, 0.25) is 0 Å². The summed E-state index contributed by atoms with van der Waals surface area (Å²) < 4.78 is 16.7. The van der Waals surface area contributed by atoms with Gasteiger partial charge in [-0.15, -0.1) is 0 Å². The second-order valence-electron chi connectivity index (χ2n) is 13.3. The molecule has 0 N–H and O–H groups in total. The van der Waals surface area contributed by atoms with E-state index in [1.807, 2.05) is 36.4 Å². The van der Waals surface area contributed by atoms with Gasteiger partial charge >= 0.3 is 0 Å². The molecule has 0 aromatic heterocycles. The molecular weight excluding hydrogens is 667 g/mol. The van der Waals surface area contributed by atoms with Gasteiger partial charge < -0.3 is 28.9 Å². The van der Waals surface area contributed by atoms with Crippen molar-refractivity contribution in [3.8, 4) is 17.2 Å². The molecule has 0 bridgehead atoms. The summed E-state index contributed by atoms with van der Waals surface area (Å²) in [5.74, 6) is 2.39. The van der Waals surface area contributed by atoms with E-state index in [0.29, 0.717) is 0 Å². The number of ether oxygens (including phenoxy) is 3. The Morgan fingerprint density at radius 2 is 0.444 bits per heavy atom. The van der Waals surface area contributed by atoms with E-state index in [2.05, 4.69) is 163 Å². The normalized spacial score (nSPS) is 10.8. The van der Waals surface area contributed by atoms with Gasteiger partial charge in [-0.3, -0.25) is 0 Å². The number of anilines is 9. The van der Waals surface area contributed by atoms with E-state index < -0.39 is 0 Å². The van der Waals surface area contributed by atoms with E-state index in [4.69, 9.17) is 14.2 Å². The number of methoxy groups -OCH3 is 3. The van der Waals surface area contributed by atoms with E-state index in [-0.39, 0.29) is 0 Å². The Morgan fingerprint density at radius 3 is 0.630 bits per heavy atom. The van der Waals surface area contributed by atoms with Gasteiger partial charge in [0.15, 0.2) is 0 Å². The van der Waals surface area contributed by atoms with Crippen molar-refractivity contribution >= 4 is 51.2 Å². The molecule has 0 saturated carbocycles. The summed E-state index contributed by atoms with van der Waals surface area (Å²) >= 11 is 0. The molecule has 0 aliphatic carbocycles. The van der Waals surface area contributed by atoms with Crippen molar-refractivity contribution in [3.05, 3.63) is 180 Å². The molecule has 0 heterocycles. The van der Waals surface area contributed by atoms with Crippen LogP contribution in [0.4, 0.5) is 51.2 Å². The molecule has 0 radical (unpaired) electrons. The fourth-order valence-corrected chi connectivity index (χ4v) is 6.58. The maximum absolute atomic E-state index is 5.57. The standard InChI is InChI=1S/C48H45N3O3/c1-34-7-13-37(14-8-34)49(40-19-25-46(52-4)26-20-40)43-31-44(50(38-15-9-35(2)10-16-38)41-21-27-47(53-5)28-22-41)33-45(32-43)51(39-17-11-36(3)12-18-39)42-23-29-48(54-6)30-24-42/h7-33H,1-6H3. The number of benzene rings is 7. The number of aryl methyl sites for hydroxylation is 3. The molecule has 0 aliphatic heterocycles. The average molecular weight is 712 g/mol. The van der Waals surface area contributed by atoms with Crippen LogP contribution in [0.5, 0.6) is 17.2 Å². The molecule has 7 aromatic rings. The van der Waals surface area contributed by atoms with Crippen molar-refractivity contribution in [1.29, 1.82) is 0 Å². The first-order valence-corrected chi connectivity index (χ1v) is 18.0. The van der Waals surface area contributed by atoms with Gasteiger partial charge in [-0.25, -0.2) is 0 Å². The van der Waals surface area contributed by atoms with Crippen molar-refractivity contribution in [2.45, 2.75) is 20.8 Å². The molecule has 0 atom stereocenters. The van der Waals surface area contributed by atoms with Crippen LogP contribution in [-0.4, -0.2) is 21.3 Å². The van der Waals surface area contributed by atoms with Crippen LogP contribution in [0.3, 0.4) is 0 Å². The maximum Gasteiger partial charge on any atom is 0.119 e. The van der Waals surface area contributed by atoms with Gasteiger partial charge in [-0.2, -0.15) is 0 Å². The molecule has 0 aliphatic rings. The number of hydrogen-bond acceptors (Lipinski definition) is 6. The lowest BCUT2D eigenvalue weighted by Gasteiger charge is -2.33.